The lowest BCUT2D eigenvalue weighted by molar-refractivity contribution is 0.0697. The normalized spacial score (nSPS) is 11.1. The van der Waals surface area contributed by atoms with Gasteiger partial charge >= 0.3 is 5.97 Å². The molecule has 0 aliphatic heterocycles. The first-order chi connectivity index (χ1) is 7.29. The molecule has 0 fully saturated rings. The third-order valence-corrected chi connectivity index (χ3v) is 3.54. The number of aromatic carboxylic acids is 1. The summed E-state index contributed by atoms with van der Waals surface area (Å²) >= 11 is 5.80. The van der Waals surface area contributed by atoms with Crippen molar-refractivity contribution < 1.29 is 18.3 Å². The highest BCUT2D eigenvalue weighted by Crippen LogP contribution is 2.28. The van der Waals surface area contributed by atoms with Gasteiger partial charge in [0.2, 0.25) is 0 Å². The van der Waals surface area contributed by atoms with Crippen molar-refractivity contribution in [2.24, 2.45) is 0 Å². The maximum atomic E-state index is 11.4. The number of rotatable bonds is 3. The summed E-state index contributed by atoms with van der Waals surface area (Å²) in [4.78, 5) is 10.8. The average molecular weight is 261 g/mol. The average Bonchev–Trinajstić information content (AvgIpc) is 2.15. The van der Waals surface area contributed by atoms with Crippen molar-refractivity contribution in [3.63, 3.8) is 0 Å². The zero-order valence-electron chi connectivity index (χ0n) is 8.40. The lowest BCUT2D eigenvalue weighted by Crippen LogP contribution is -2.05. The quantitative estimate of drug-likeness (QED) is 0.903. The van der Waals surface area contributed by atoms with Crippen molar-refractivity contribution in [3.8, 4) is 0 Å². The smallest absolute Gasteiger partial charge is 0.337 e. The first-order valence-electron chi connectivity index (χ1n) is 4.17. The van der Waals surface area contributed by atoms with Crippen LogP contribution >= 0.6 is 11.6 Å². The van der Waals surface area contributed by atoms with Crippen molar-refractivity contribution >= 4 is 33.5 Å². The molecule has 86 valence electrons. The largest absolute Gasteiger partial charge is 0.478 e. The monoisotopic (exact) mass is 260 g/mol. The third-order valence-electron chi connectivity index (χ3n) is 1.97. The minimum atomic E-state index is -3.46. The van der Waals surface area contributed by atoms with Crippen LogP contribution in [-0.2, 0) is 9.84 Å². The molecule has 0 heterocycles. The van der Waals surface area contributed by atoms with Crippen LogP contribution in [-0.4, -0.2) is 25.7 Å². The van der Waals surface area contributed by atoms with Gasteiger partial charge in [-0.1, -0.05) is 24.3 Å². The van der Waals surface area contributed by atoms with Crippen LogP contribution in [0.1, 0.15) is 15.9 Å². The van der Waals surface area contributed by atoms with E-state index in [1.807, 2.05) is 0 Å². The summed E-state index contributed by atoms with van der Waals surface area (Å²) in [6.07, 6.45) is 2.25. The van der Waals surface area contributed by atoms with E-state index in [9.17, 15) is 13.2 Å². The van der Waals surface area contributed by atoms with Crippen molar-refractivity contribution in [1.29, 1.82) is 0 Å². The zero-order chi connectivity index (χ0) is 12.5. The lowest BCUT2D eigenvalue weighted by atomic mass is 10.1. The Bertz CT molecular complexity index is 560. The first-order valence-corrected chi connectivity index (χ1v) is 6.44. The van der Waals surface area contributed by atoms with Crippen LogP contribution in [0.15, 0.2) is 23.6 Å². The molecule has 0 spiro atoms. The fraction of sp³-hybridized carbons (Fsp3) is 0.100. The van der Waals surface area contributed by atoms with Crippen LogP contribution in [0.5, 0.6) is 0 Å². The number of carboxylic acids is 1. The number of hydrogen-bond donors (Lipinski definition) is 1. The highest BCUT2D eigenvalue weighted by Gasteiger charge is 2.19. The Morgan fingerprint density at radius 2 is 2.06 bits per heavy atom. The summed E-state index contributed by atoms with van der Waals surface area (Å²) in [6.45, 7) is 3.42. The topological polar surface area (TPSA) is 71.4 Å². The van der Waals surface area contributed by atoms with Gasteiger partial charge in [0.25, 0.3) is 0 Å². The summed E-state index contributed by atoms with van der Waals surface area (Å²) in [6, 6.07) is 2.37. The van der Waals surface area contributed by atoms with Gasteiger partial charge < -0.3 is 5.11 Å². The molecule has 1 aromatic rings. The molecule has 1 aromatic carbocycles. The molecular weight excluding hydrogens is 252 g/mol. The molecule has 16 heavy (non-hydrogen) atoms. The van der Waals surface area contributed by atoms with E-state index in [2.05, 4.69) is 6.58 Å². The minimum absolute atomic E-state index is 0.0301. The summed E-state index contributed by atoms with van der Waals surface area (Å²) in [5, 5.41) is 8.69. The Morgan fingerprint density at radius 1 is 1.50 bits per heavy atom. The van der Waals surface area contributed by atoms with Gasteiger partial charge in [0.05, 0.1) is 15.5 Å². The Morgan fingerprint density at radius 3 is 2.44 bits per heavy atom. The molecule has 1 N–H and O–H groups in total. The van der Waals surface area contributed by atoms with Crippen LogP contribution < -0.4 is 0 Å². The van der Waals surface area contributed by atoms with E-state index in [0.29, 0.717) is 0 Å². The van der Waals surface area contributed by atoms with Gasteiger partial charge in [-0.05, 0) is 12.1 Å². The molecule has 6 heteroatoms. The van der Waals surface area contributed by atoms with Crippen molar-refractivity contribution in [2.75, 3.05) is 6.26 Å². The second-order valence-corrected chi connectivity index (χ2v) is 5.48. The summed E-state index contributed by atoms with van der Waals surface area (Å²) in [5.41, 5.74) is -0.0342. The molecule has 1 rings (SSSR count). The van der Waals surface area contributed by atoms with E-state index in [4.69, 9.17) is 16.7 Å². The Kier molecular flexibility index (Phi) is 3.40. The first kappa shape index (κ1) is 12.7. The van der Waals surface area contributed by atoms with E-state index in [1.165, 1.54) is 12.1 Å². The Labute approximate surface area is 98.1 Å². The number of sulfone groups is 1. The molecule has 0 aliphatic rings. The van der Waals surface area contributed by atoms with Gasteiger partial charge in [-0.25, -0.2) is 13.2 Å². The summed E-state index contributed by atoms with van der Waals surface area (Å²) in [5.74, 6) is -1.21. The minimum Gasteiger partial charge on any atom is -0.478 e. The van der Waals surface area contributed by atoms with E-state index < -0.39 is 15.8 Å². The van der Waals surface area contributed by atoms with Crippen LogP contribution in [0.4, 0.5) is 0 Å². The number of carbonyl (C=O) groups is 1. The molecule has 0 aromatic heterocycles. The van der Waals surface area contributed by atoms with Crippen LogP contribution in [0.2, 0.25) is 5.02 Å². The van der Waals surface area contributed by atoms with Crippen molar-refractivity contribution in [1.82, 2.24) is 0 Å². The standard InChI is InChI=1S/C10H9ClO4S/c1-3-6-8(16(2,14)15)5-4-7(9(6)11)10(12)13/h3-5H,1H2,2H3,(H,12,13). The number of hydrogen-bond acceptors (Lipinski definition) is 3. The van der Waals surface area contributed by atoms with Crippen LogP contribution in [0.25, 0.3) is 6.08 Å². The molecule has 0 saturated carbocycles. The molecule has 4 nitrogen and oxygen atoms in total. The molecule has 0 bridgehead atoms. The van der Waals surface area contributed by atoms with Gasteiger partial charge in [0.1, 0.15) is 0 Å². The maximum absolute atomic E-state index is 11.4. The number of carboxylic acid groups (broad SMARTS) is 1. The van der Waals surface area contributed by atoms with E-state index in [-0.39, 0.29) is 21.0 Å². The molecule has 0 saturated heterocycles. The predicted molar refractivity (Wildman–Crippen MR) is 61.6 cm³/mol. The van der Waals surface area contributed by atoms with E-state index in [0.717, 1.165) is 12.3 Å². The number of benzene rings is 1. The van der Waals surface area contributed by atoms with Crippen LogP contribution in [0, 0.1) is 0 Å². The SMILES string of the molecule is C=Cc1c(S(C)(=O)=O)ccc(C(=O)O)c1Cl. The highest BCUT2D eigenvalue weighted by molar-refractivity contribution is 7.90. The summed E-state index contributed by atoms with van der Waals surface area (Å²) in [7, 11) is -3.46. The van der Waals surface area contributed by atoms with Gasteiger partial charge in [-0.2, -0.15) is 0 Å². The molecule has 0 unspecified atom stereocenters. The molecule has 0 aliphatic carbocycles. The third kappa shape index (κ3) is 2.25. The van der Waals surface area contributed by atoms with Gasteiger partial charge in [-0.15, -0.1) is 0 Å². The van der Waals surface area contributed by atoms with E-state index in [1.54, 1.807) is 0 Å². The summed E-state index contributed by atoms with van der Waals surface area (Å²) < 4.78 is 22.8. The Hall–Kier alpha value is -1.33. The van der Waals surface area contributed by atoms with Crippen molar-refractivity contribution in [3.05, 3.63) is 34.9 Å². The predicted octanol–water partition coefficient (Wildman–Crippen LogP) is 2.08. The highest BCUT2D eigenvalue weighted by atomic mass is 35.5. The maximum Gasteiger partial charge on any atom is 0.337 e. The fourth-order valence-electron chi connectivity index (χ4n) is 1.25. The molecule has 0 amide bonds. The fourth-order valence-corrected chi connectivity index (χ4v) is 2.53. The second-order valence-electron chi connectivity index (χ2n) is 3.12. The van der Waals surface area contributed by atoms with Crippen molar-refractivity contribution in [2.45, 2.75) is 4.90 Å². The molecule has 0 atom stereocenters. The van der Waals surface area contributed by atoms with Gasteiger partial charge in [0, 0.05) is 11.8 Å². The van der Waals surface area contributed by atoms with Crippen LogP contribution in [0.3, 0.4) is 0 Å². The zero-order valence-corrected chi connectivity index (χ0v) is 9.97. The van der Waals surface area contributed by atoms with E-state index >= 15 is 0 Å². The van der Waals surface area contributed by atoms with Gasteiger partial charge in [-0.3, -0.25) is 0 Å². The second kappa shape index (κ2) is 4.27. The van der Waals surface area contributed by atoms with Gasteiger partial charge in [0.15, 0.2) is 9.84 Å². The molecular formula is C10H9ClO4S. The number of halogens is 1. The Balaban J connectivity index is 3.67. The molecule has 0 radical (unpaired) electrons. The lowest BCUT2D eigenvalue weighted by Gasteiger charge is -2.08.